The third kappa shape index (κ3) is 3.97. The molecule has 0 bridgehead atoms. The molecule has 1 N–H and O–H groups in total. The van der Waals surface area contributed by atoms with Gasteiger partial charge in [-0.05, 0) is 62.6 Å². The summed E-state index contributed by atoms with van der Waals surface area (Å²) in [6, 6.07) is 9.09. The minimum atomic E-state index is 0.423. The Bertz CT molecular complexity index is 429. The second kappa shape index (κ2) is 6.46. The topological polar surface area (TPSA) is 21.3 Å². The molecule has 3 unspecified atom stereocenters. The van der Waals surface area contributed by atoms with E-state index in [9.17, 15) is 0 Å². The van der Waals surface area contributed by atoms with Crippen LogP contribution in [-0.2, 0) is 4.74 Å². The third-order valence-corrected chi connectivity index (χ3v) is 4.69. The second-order valence-electron chi connectivity index (χ2n) is 6.31. The van der Waals surface area contributed by atoms with E-state index in [4.69, 9.17) is 16.3 Å². The molecule has 1 aliphatic carbocycles. The van der Waals surface area contributed by atoms with E-state index in [0.717, 1.165) is 24.0 Å². The third-order valence-electron chi connectivity index (χ3n) is 4.44. The van der Waals surface area contributed by atoms with Crippen LogP contribution in [0.4, 0.5) is 0 Å². The lowest BCUT2D eigenvalue weighted by atomic mass is 9.92. The maximum atomic E-state index is 6.01. The van der Waals surface area contributed by atoms with E-state index in [0.29, 0.717) is 18.1 Å². The van der Waals surface area contributed by atoms with Crippen molar-refractivity contribution < 1.29 is 4.74 Å². The molecule has 0 amide bonds. The molecule has 1 aromatic carbocycles. The molecule has 1 heterocycles. The predicted octanol–water partition coefficient (Wildman–Crippen LogP) is 4.13. The normalized spacial score (nSPS) is 27.7. The smallest absolute Gasteiger partial charge is 0.0586 e. The summed E-state index contributed by atoms with van der Waals surface area (Å²) in [5.41, 5.74) is 1.38. The highest BCUT2D eigenvalue weighted by atomic mass is 35.5. The van der Waals surface area contributed by atoms with Gasteiger partial charge in [0.05, 0.1) is 12.2 Å². The number of nitrogens with one attached hydrogen (secondary N) is 1. The summed E-state index contributed by atoms with van der Waals surface area (Å²) < 4.78 is 6.01. The van der Waals surface area contributed by atoms with E-state index in [1.54, 1.807) is 0 Å². The highest BCUT2D eigenvalue weighted by Gasteiger charge is 2.27. The van der Waals surface area contributed by atoms with E-state index < -0.39 is 0 Å². The number of benzene rings is 1. The number of hydrogen-bond donors (Lipinski definition) is 1. The fourth-order valence-electron chi connectivity index (χ4n) is 3.04. The van der Waals surface area contributed by atoms with Crippen molar-refractivity contribution in [2.75, 3.05) is 6.54 Å². The van der Waals surface area contributed by atoms with Gasteiger partial charge < -0.3 is 10.1 Å². The largest absolute Gasteiger partial charge is 0.375 e. The van der Waals surface area contributed by atoms with Gasteiger partial charge in [0.2, 0.25) is 0 Å². The molecule has 3 heteroatoms. The lowest BCUT2D eigenvalue weighted by molar-refractivity contribution is 0.0465. The van der Waals surface area contributed by atoms with Crippen LogP contribution in [-0.4, -0.2) is 24.8 Å². The Morgan fingerprint density at radius 1 is 1.20 bits per heavy atom. The van der Waals surface area contributed by atoms with Crippen molar-refractivity contribution in [3.8, 4) is 0 Å². The van der Waals surface area contributed by atoms with Crippen LogP contribution in [0.1, 0.15) is 50.5 Å². The van der Waals surface area contributed by atoms with Crippen molar-refractivity contribution in [3.63, 3.8) is 0 Å². The fourth-order valence-corrected chi connectivity index (χ4v) is 3.17. The molecule has 3 atom stereocenters. The van der Waals surface area contributed by atoms with Gasteiger partial charge in [-0.25, -0.2) is 0 Å². The Morgan fingerprint density at radius 3 is 2.55 bits per heavy atom. The summed E-state index contributed by atoms with van der Waals surface area (Å²) in [6.07, 6.45) is 7.05. The Balaban J connectivity index is 1.63. The maximum Gasteiger partial charge on any atom is 0.0586 e. The molecule has 1 saturated carbocycles. The van der Waals surface area contributed by atoms with Gasteiger partial charge in [-0.3, -0.25) is 0 Å². The molecule has 2 nitrogen and oxygen atoms in total. The Hall–Kier alpha value is -0.570. The van der Waals surface area contributed by atoms with Crippen LogP contribution in [0.5, 0.6) is 0 Å². The summed E-state index contributed by atoms with van der Waals surface area (Å²) in [5.74, 6) is 0.531. The van der Waals surface area contributed by atoms with E-state index in [1.807, 2.05) is 12.1 Å². The van der Waals surface area contributed by atoms with Crippen LogP contribution < -0.4 is 5.32 Å². The summed E-state index contributed by atoms with van der Waals surface area (Å²) in [4.78, 5) is 0. The van der Waals surface area contributed by atoms with Gasteiger partial charge in [0.15, 0.2) is 0 Å². The molecule has 20 heavy (non-hydrogen) atoms. The van der Waals surface area contributed by atoms with Gasteiger partial charge in [-0.15, -0.1) is 0 Å². The SMILES string of the molecule is CC1CCC(CC(CNC2CC2)c2ccc(Cl)cc2)O1. The zero-order chi connectivity index (χ0) is 13.9. The quantitative estimate of drug-likeness (QED) is 0.851. The fraction of sp³-hybridized carbons (Fsp3) is 0.647. The summed E-state index contributed by atoms with van der Waals surface area (Å²) in [6.45, 7) is 3.24. The molecule has 110 valence electrons. The Labute approximate surface area is 126 Å². The number of rotatable bonds is 6. The summed E-state index contributed by atoms with van der Waals surface area (Å²) >= 11 is 6.00. The molecule has 1 aromatic rings. The molecule has 2 aliphatic rings. The lowest BCUT2D eigenvalue weighted by Gasteiger charge is -2.22. The van der Waals surface area contributed by atoms with Crippen molar-refractivity contribution in [1.29, 1.82) is 0 Å². The highest BCUT2D eigenvalue weighted by Crippen LogP contribution is 2.30. The highest BCUT2D eigenvalue weighted by molar-refractivity contribution is 6.30. The number of hydrogen-bond acceptors (Lipinski definition) is 2. The van der Waals surface area contributed by atoms with Crippen LogP contribution in [0.2, 0.25) is 5.02 Å². The van der Waals surface area contributed by atoms with Crippen molar-refractivity contribution in [2.45, 2.75) is 63.2 Å². The first-order chi connectivity index (χ1) is 9.70. The zero-order valence-corrected chi connectivity index (χ0v) is 12.9. The van der Waals surface area contributed by atoms with Crippen molar-refractivity contribution in [3.05, 3.63) is 34.9 Å². The molecule has 0 aromatic heterocycles. The predicted molar refractivity (Wildman–Crippen MR) is 83.4 cm³/mol. The van der Waals surface area contributed by atoms with Crippen LogP contribution >= 0.6 is 11.6 Å². The van der Waals surface area contributed by atoms with Gasteiger partial charge in [0.1, 0.15) is 0 Å². The van der Waals surface area contributed by atoms with Gasteiger partial charge >= 0.3 is 0 Å². The summed E-state index contributed by atoms with van der Waals surface area (Å²) in [7, 11) is 0. The van der Waals surface area contributed by atoms with E-state index in [1.165, 1.54) is 31.2 Å². The average molecular weight is 294 g/mol. The first kappa shape index (κ1) is 14.4. The monoisotopic (exact) mass is 293 g/mol. The van der Waals surface area contributed by atoms with Gasteiger partial charge in [-0.1, -0.05) is 23.7 Å². The number of halogens is 1. The molecular weight excluding hydrogens is 270 g/mol. The number of ether oxygens (including phenoxy) is 1. The zero-order valence-electron chi connectivity index (χ0n) is 12.1. The molecule has 0 spiro atoms. The summed E-state index contributed by atoms with van der Waals surface area (Å²) in [5, 5.41) is 4.48. The Morgan fingerprint density at radius 2 is 1.95 bits per heavy atom. The van der Waals surface area contributed by atoms with Gasteiger partial charge in [0.25, 0.3) is 0 Å². The van der Waals surface area contributed by atoms with Crippen LogP contribution in [0.15, 0.2) is 24.3 Å². The lowest BCUT2D eigenvalue weighted by Crippen LogP contribution is -2.26. The van der Waals surface area contributed by atoms with Crippen LogP contribution in [0.25, 0.3) is 0 Å². The minimum absolute atomic E-state index is 0.423. The molecule has 2 fully saturated rings. The van der Waals surface area contributed by atoms with Crippen molar-refractivity contribution in [2.24, 2.45) is 0 Å². The average Bonchev–Trinajstić information content (AvgIpc) is 3.18. The van der Waals surface area contributed by atoms with E-state index >= 15 is 0 Å². The molecular formula is C17H24ClNO. The standard InChI is InChI=1S/C17H24ClNO/c1-12-2-9-17(20-12)10-14(11-19-16-7-8-16)13-3-5-15(18)6-4-13/h3-6,12,14,16-17,19H,2,7-11H2,1H3. The maximum absolute atomic E-state index is 6.01. The molecule has 1 aliphatic heterocycles. The van der Waals surface area contributed by atoms with E-state index in [2.05, 4.69) is 24.4 Å². The molecule has 3 rings (SSSR count). The van der Waals surface area contributed by atoms with Crippen LogP contribution in [0, 0.1) is 0 Å². The van der Waals surface area contributed by atoms with Crippen molar-refractivity contribution >= 4 is 11.6 Å². The van der Waals surface area contributed by atoms with E-state index in [-0.39, 0.29) is 0 Å². The first-order valence-corrected chi connectivity index (χ1v) is 8.23. The minimum Gasteiger partial charge on any atom is -0.375 e. The van der Waals surface area contributed by atoms with Crippen LogP contribution in [0.3, 0.4) is 0 Å². The molecule has 0 radical (unpaired) electrons. The second-order valence-corrected chi connectivity index (χ2v) is 6.75. The van der Waals surface area contributed by atoms with Crippen molar-refractivity contribution in [1.82, 2.24) is 5.32 Å². The Kier molecular flexibility index (Phi) is 4.65. The first-order valence-electron chi connectivity index (χ1n) is 7.85. The molecule has 1 saturated heterocycles. The van der Waals surface area contributed by atoms with Gasteiger partial charge in [0, 0.05) is 17.6 Å². The van der Waals surface area contributed by atoms with Gasteiger partial charge in [-0.2, -0.15) is 0 Å².